The molecule has 0 aromatic carbocycles. The summed E-state index contributed by atoms with van der Waals surface area (Å²) >= 11 is 0. The zero-order valence-corrected chi connectivity index (χ0v) is 11.3. The van der Waals surface area contributed by atoms with Crippen molar-refractivity contribution in [2.45, 2.75) is 18.9 Å². The molecule has 6 N–H and O–H groups in total. The van der Waals surface area contributed by atoms with E-state index in [1.807, 2.05) is 0 Å². The summed E-state index contributed by atoms with van der Waals surface area (Å²) < 4.78 is 0. The highest BCUT2D eigenvalue weighted by molar-refractivity contribution is 5.80. The third-order valence-corrected chi connectivity index (χ3v) is 2.42. The minimum atomic E-state index is -1.24. The summed E-state index contributed by atoms with van der Waals surface area (Å²) in [7, 11) is 0. The van der Waals surface area contributed by atoms with Crippen LogP contribution in [-0.2, 0) is 19.2 Å². The minimum absolute atomic E-state index is 0.174. The number of nitrogens with one attached hydrogen (secondary N) is 1. The van der Waals surface area contributed by atoms with Crippen LogP contribution < -0.4 is 11.1 Å². The molecule has 0 heterocycles. The molecule has 0 bridgehead atoms. The number of carbonyl (C=O) groups excluding carboxylic acids is 1. The Bertz CT molecular complexity index is 383. The van der Waals surface area contributed by atoms with Crippen molar-refractivity contribution in [3.05, 3.63) is 0 Å². The van der Waals surface area contributed by atoms with E-state index >= 15 is 0 Å². The Morgan fingerprint density at radius 2 is 1.52 bits per heavy atom. The molecule has 0 aliphatic heterocycles. The van der Waals surface area contributed by atoms with Gasteiger partial charge in [0.05, 0.1) is 19.6 Å². The lowest BCUT2D eigenvalue weighted by atomic mass is 10.2. The monoisotopic (exact) mass is 305 g/mol. The van der Waals surface area contributed by atoms with Gasteiger partial charge in [-0.05, 0) is 12.8 Å². The highest BCUT2D eigenvalue weighted by Crippen LogP contribution is 1.94. The van der Waals surface area contributed by atoms with Gasteiger partial charge in [0.2, 0.25) is 5.91 Å². The van der Waals surface area contributed by atoms with E-state index in [9.17, 15) is 19.2 Å². The molecule has 0 saturated heterocycles. The molecule has 0 aliphatic rings. The lowest BCUT2D eigenvalue weighted by Gasteiger charge is -2.17. The van der Waals surface area contributed by atoms with Gasteiger partial charge in [-0.15, -0.1) is 0 Å². The number of hydrogen-bond donors (Lipinski definition) is 5. The lowest BCUT2D eigenvalue weighted by Crippen LogP contribution is -2.42. The van der Waals surface area contributed by atoms with Crippen LogP contribution in [0.3, 0.4) is 0 Å². The van der Waals surface area contributed by atoms with Crippen LogP contribution in [0.1, 0.15) is 12.8 Å². The average Bonchev–Trinajstić information content (AvgIpc) is 2.32. The maximum absolute atomic E-state index is 11.5. The van der Waals surface area contributed by atoms with Gasteiger partial charge in [-0.3, -0.25) is 24.1 Å². The number of carboxylic acid groups (broad SMARTS) is 3. The standard InChI is InChI=1S/C11H19N3O7/c12-7(11(20)21)2-1-3-13-8(15)4-14(5-9(16)17)6-10(18)19/h7H,1-6,12H2,(H,13,15)(H,16,17)(H,18,19)(H,20,21). The molecule has 10 nitrogen and oxygen atoms in total. The van der Waals surface area contributed by atoms with Gasteiger partial charge >= 0.3 is 17.9 Å². The fraction of sp³-hybridized carbons (Fsp3) is 0.636. The Hall–Kier alpha value is -2.20. The second-order valence-corrected chi connectivity index (χ2v) is 4.37. The van der Waals surface area contributed by atoms with E-state index in [0.29, 0.717) is 6.42 Å². The Morgan fingerprint density at radius 1 is 1.00 bits per heavy atom. The van der Waals surface area contributed by atoms with Crippen LogP contribution >= 0.6 is 0 Å². The predicted molar refractivity (Wildman–Crippen MR) is 69.6 cm³/mol. The number of amides is 1. The molecule has 1 atom stereocenters. The van der Waals surface area contributed by atoms with Crippen molar-refractivity contribution in [3.8, 4) is 0 Å². The molecule has 21 heavy (non-hydrogen) atoms. The molecule has 120 valence electrons. The molecule has 1 unspecified atom stereocenters. The summed E-state index contributed by atoms with van der Waals surface area (Å²) in [4.78, 5) is 44.0. The first kappa shape index (κ1) is 18.8. The average molecular weight is 305 g/mol. The van der Waals surface area contributed by atoms with Crippen LogP contribution in [0.2, 0.25) is 0 Å². The molecule has 0 saturated carbocycles. The number of aliphatic carboxylic acids is 3. The molecule has 0 radical (unpaired) electrons. The number of rotatable bonds is 11. The fourth-order valence-electron chi connectivity index (χ4n) is 1.48. The van der Waals surface area contributed by atoms with E-state index < -0.39 is 42.9 Å². The Labute approximate surface area is 120 Å². The van der Waals surface area contributed by atoms with Crippen LogP contribution in [-0.4, -0.2) is 76.3 Å². The van der Waals surface area contributed by atoms with Gasteiger partial charge in [-0.25, -0.2) is 0 Å². The van der Waals surface area contributed by atoms with E-state index in [1.165, 1.54) is 0 Å². The lowest BCUT2D eigenvalue weighted by molar-refractivity contribution is -0.142. The second kappa shape index (κ2) is 9.66. The second-order valence-electron chi connectivity index (χ2n) is 4.37. The molecule has 0 aliphatic carbocycles. The van der Waals surface area contributed by atoms with Gasteiger partial charge in [-0.2, -0.15) is 0 Å². The quantitative estimate of drug-likeness (QED) is 0.265. The first-order chi connectivity index (χ1) is 9.72. The van der Waals surface area contributed by atoms with Crippen LogP contribution in [0.25, 0.3) is 0 Å². The highest BCUT2D eigenvalue weighted by atomic mass is 16.4. The summed E-state index contributed by atoms with van der Waals surface area (Å²) in [5, 5.41) is 28.2. The first-order valence-corrected chi connectivity index (χ1v) is 6.13. The normalized spacial score (nSPS) is 11.9. The number of nitrogens with two attached hydrogens (primary N) is 1. The SMILES string of the molecule is NC(CCCNC(=O)CN(CC(=O)O)CC(=O)O)C(=O)O. The third-order valence-electron chi connectivity index (χ3n) is 2.42. The molecule has 0 fully saturated rings. The summed E-state index contributed by atoms with van der Waals surface area (Å²) in [6.07, 6.45) is 0.528. The van der Waals surface area contributed by atoms with Crippen molar-refractivity contribution >= 4 is 23.8 Å². The van der Waals surface area contributed by atoms with Gasteiger partial charge in [0, 0.05) is 6.54 Å². The van der Waals surface area contributed by atoms with Crippen molar-refractivity contribution in [2.75, 3.05) is 26.2 Å². The Balaban J connectivity index is 4.05. The van der Waals surface area contributed by atoms with Crippen molar-refractivity contribution in [2.24, 2.45) is 5.73 Å². The van der Waals surface area contributed by atoms with Crippen LogP contribution in [0, 0.1) is 0 Å². The zero-order chi connectivity index (χ0) is 16.4. The fourth-order valence-corrected chi connectivity index (χ4v) is 1.48. The summed E-state index contributed by atoms with van der Waals surface area (Å²) in [6.45, 7) is -1.33. The van der Waals surface area contributed by atoms with Crippen LogP contribution in [0.5, 0.6) is 0 Å². The topological polar surface area (TPSA) is 170 Å². The summed E-state index contributed by atoms with van der Waals surface area (Å²) in [5.74, 6) is -4.15. The summed E-state index contributed by atoms with van der Waals surface area (Å²) in [6, 6.07) is -1.00. The van der Waals surface area contributed by atoms with E-state index in [0.717, 1.165) is 4.90 Å². The number of carboxylic acids is 3. The molecule has 1 amide bonds. The minimum Gasteiger partial charge on any atom is -0.480 e. The summed E-state index contributed by atoms with van der Waals surface area (Å²) in [5.41, 5.74) is 5.27. The van der Waals surface area contributed by atoms with Gasteiger partial charge < -0.3 is 26.4 Å². The highest BCUT2D eigenvalue weighted by Gasteiger charge is 2.17. The molecular formula is C11H19N3O7. The van der Waals surface area contributed by atoms with E-state index in [4.69, 9.17) is 21.1 Å². The Morgan fingerprint density at radius 3 is 1.95 bits per heavy atom. The van der Waals surface area contributed by atoms with Gasteiger partial charge in [0.15, 0.2) is 0 Å². The molecule has 0 aromatic heterocycles. The maximum atomic E-state index is 11.5. The van der Waals surface area contributed by atoms with Gasteiger partial charge in [-0.1, -0.05) is 0 Å². The first-order valence-electron chi connectivity index (χ1n) is 6.13. The van der Waals surface area contributed by atoms with Crippen molar-refractivity contribution in [3.63, 3.8) is 0 Å². The molecule has 0 spiro atoms. The third kappa shape index (κ3) is 10.3. The van der Waals surface area contributed by atoms with Crippen LogP contribution in [0.4, 0.5) is 0 Å². The van der Waals surface area contributed by atoms with E-state index in [-0.39, 0.29) is 19.5 Å². The van der Waals surface area contributed by atoms with Crippen molar-refractivity contribution in [1.82, 2.24) is 10.2 Å². The van der Waals surface area contributed by atoms with Crippen LogP contribution in [0.15, 0.2) is 0 Å². The van der Waals surface area contributed by atoms with Crippen molar-refractivity contribution in [1.29, 1.82) is 0 Å². The zero-order valence-electron chi connectivity index (χ0n) is 11.3. The predicted octanol–water partition coefficient (Wildman–Crippen LogP) is -2.23. The van der Waals surface area contributed by atoms with E-state index in [1.54, 1.807) is 0 Å². The Kier molecular flexibility index (Phi) is 8.65. The van der Waals surface area contributed by atoms with E-state index in [2.05, 4.69) is 5.32 Å². The van der Waals surface area contributed by atoms with Gasteiger partial charge in [0.1, 0.15) is 6.04 Å². The van der Waals surface area contributed by atoms with Gasteiger partial charge in [0.25, 0.3) is 0 Å². The molecule has 0 aromatic rings. The molecular weight excluding hydrogens is 286 g/mol. The maximum Gasteiger partial charge on any atom is 0.320 e. The molecule has 10 heteroatoms. The largest absolute Gasteiger partial charge is 0.480 e. The number of carbonyl (C=O) groups is 4. The smallest absolute Gasteiger partial charge is 0.320 e. The van der Waals surface area contributed by atoms with Crippen molar-refractivity contribution < 1.29 is 34.5 Å². The molecule has 0 rings (SSSR count). The number of hydrogen-bond acceptors (Lipinski definition) is 6. The number of nitrogens with zero attached hydrogens (tertiary/aromatic N) is 1.